The normalized spacial score (nSPS) is 23.2. The molecule has 0 saturated carbocycles. The molecule has 5 heterocycles. The van der Waals surface area contributed by atoms with Gasteiger partial charge in [0.2, 0.25) is 100 Å². The molecule has 0 unspecified atom stereocenters. The minimum atomic E-state index is -5.06. The van der Waals surface area contributed by atoms with Crippen molar-refractivity contribution in [3.63, 3.8) is 0 Å². The molecule has 0 spiro atoms. The molecule has 13 atom stereocenters. The van der Waals surface area contributed by atoms with Gasteiger partial charge in [0, 0.05) is 118 Å². The van der Waals surface area contributed by atoms with Gasteiger partial charge < -0.3 is 120 Å². The number of carboxylic acids is 1. The molecule has 3 aromatic heterocycles. The van der Waals surface area contributed by atoms with Crippen molar-refractivity contribution in [2.24, 2.45) is 23.1 Å². The standard InChI is InChI=1S/C91H125F3N22O20S/c1-9-11-22-70-84(130)107-63(36-50(3)4)81(127)111-69(79(125)101-45-74(97)119)47-137-48-76(121)104-66(37-52-25-27-56(117)28-26-52)86(132)112(6)51(5)78(124)109-68(41-73(96)118)89(135)116-34-17-24-71(116)85(131)108-65(40-55-44-98-49-102-55)83(129)106-62(29-30-77(122)123)88(134)115(35-32-91(92,93)94)46-75(120)103-64(38-53-42-99-59-20-15-13-18-57(53)59)82(128)105-61(31-33-95)80(126)110-67(39-54-43-100-60-21-16-14-19-58(54)60)87(133)114(8)72(23-12-10-2)90(136)113(70)7/h13-16,18-21,25-28,42-44,49-51,61-72,99-100,117H,9-12,17,22-24,29-41,45-48,95H2,1-8H3,(H2,96,118)(H2,97,119)(H,98,102)(H,101,125)(H,103,120)(H,104,121)(H,105,128)(H,106,129)(H,107,130)(H,108,131)(H,109,124)(H,110,126)(H,111,127)(H,122,123)/t51-,61-,62-,63-,64-,65-,66-,67-,68-,69-,70-,71-,72-/m0/s1. The summed E-state index contributed by atoms with van der Waals surface area (Å²) in [5.41, 5.74) is 19.8. The van der Waals surface area contributed by atoms with E-state index >= 15 is 28.8 Å². The van der Waals surface area contributed by atoms with Crippen molar-refractivity contribution in [1.29, 1.82) is 0 Å². The Balaban J connectivity index is 1.22. The molecular weight excluding hydrogens is 1810 g/mol. The summed E-state index contributed by atoms with van der Waals surface area (Å²) in [6.45, 7) is 4.45. The second kappa shape index (κ2) is 51.9. The maximum atomic E-state index is 15.8. The Bertz CT molecular complexity index is 5250. The number of alkyl halides is 3. The number of para-hydroxylation sites is 2. The van der Waals surface area contributed by atoms with Crippen molar-refractivity contribution in [3.05, 3.63) is 120 Å². The summed E-state index contributed by atoms with van der Waals surface area (Å²) in [6, 6.07) is -2.16. The summed E-state index contributed by atoms with van der Waals surface area (Å²) in [6.07, 6.45) is -4.49. The number of hydrogen-bond acceptors (Lipinski definition) is 22. The maximum absolute atomic E-state index is 15.8. The molecule has 0 aliphatic carbocycles. The first kappa shape index (κ1) is 109. The summed E-state index contributed by atoms with van der Waals surface area (Å²) in [7, 11) is 3.86. The number of thioether (sulfide) groups is 1. The van der Waals surface area contributed by atoms with E-state index in [1.165, 1.54) is 71.1 Å². The molecule has 137 heavy (non-hydrogen) atoms. The number of aromatic amines is 3. The van der Waals surface area contributed by atoms with Crippen LogP contribution in [0.2, 0.25) is 0 Å². The van der Waals surface area contributed by atoms with Crippen molar-refractivity contribution >= 4 is 140 Å². The number of carbonyl (C=O) groups excluding carboxylic acids is 17. The zero-order valence-corrected chi connectivity index (χ0v) is 78.5. The number of phenolic OH excluding ortho intramolecular Hbond substituents is 1. The second-order valence-electron chi connectivity index (χ2n) is 34.6. The Morgan fingerprint density at radius 2 is 1.11 bits per heavy atom. The molecule has 0 bridgehead atoms. The van der Waals surface area contributed by atoms with Gasteiger partial charge in [0.15, 0.2) is 0 Å². The number of nitrogens with two attached hydrogens (primary N) is 3. The molecule has 17 amide bonds. The topological polar surface area (TPSA) is 623 Å². The van der Waals surface area contributed by atoms with Gasteiger partial charge in [-0.05, 0) is 105 Å². The number of unbranched alkanes of at least 4 members (excludes halogenated alkanes) is 2. The average molecular weight is 1940 g/mol. The maximum Gasteiger partial charge on any atom is 0.390 e. The number of carbonyl (C=O) groups is 18. The molecule has 2 fully saturated rings. The number of primary amides is 2. The van der Waals surface area contributed by atoms with Crippen LogP contribution in [0.3, 0.4) is 0 Å². The van der Waals surface area contributed by atoms with Crippen LogP contribution in [0.5, 0.6) is 5.75 Å². The van der Waals surface area contributed by atoms with E-state index in [4.69, 9.17) is 17.2 Å². The molecule has 2 aliphatic heterocycles. The summed E-state index contributed by atoms with van der Waals surface area (Å²) >= 11 is 0.766. The number of benzene rings is 3. The van der Waals surface area contributed by atoms with Gasteiger partial charge in [0.05, 0.1) is 38.0 Å². The monoisotopic (exact) mass is 1930 g/mol. The lowest BCUT2D eigenvalue weighted by Gasteiger charge is -2.36. The second-order valence-corrected chi connectivity index (χ2v) is 35.6. The first-order chi connectivity index (χ1) is 65.0. The van der Waals surface area contributed by atoms with Crippen LogP contribution in [0.4, 0.5) is 13.2 Å². The van der Waals surface area contributed by atoms with Crippen molar-refractivity contribution < 1.29 is 110 Å². The third-order valence-corrected chi connectivity index (χ3v) is 24.8. The quantitative estimate of drug-likeness (QED) is 0.0304. The molecule has 8 rings (SSSR count). The van der Waals surface area contributed by atoms with Gasteiger partial charge in [-0.15, -0.1) is 11.8 Å². The molecule has 3 aromatic carbocycles. The number of carboxylic acid groups (broad SMARTS) is 1. The smallest absolute Gasteiger partial charge is 0.390 e. The predicted octanol–water partition coefficient (Wildman–Crippen LogP) is -0.152. The molecule has 42 nitrogen and oxygen atoms in total. The van der Waals surface area contributed by atoms with Crippen molar-refractivity contribution in [2.75, 3.05) is 65.4 Å². The number of imidazole rings is 1. The average Bonchev–Trinajstić information content (AvgIpc) is 1.38. The number of likely N-dealkylation sites (N-methyl/N-ethyl adjacent to an activating group) is 3. The number of nitrogens with zero attached hydrogens (tertiary/aromatic N) is 6. The number of phenols is 1. The molecule has 2 aliphatic rings. The van der Waals surface area contributed by atoms with E-state index in [2.05, 4.69) is 73.1 Å². The van der Waals surface area contributed by atoms with Crippen LogP contribution in [-0.4, -0.2) is 311 Å². The van der Waals surface area contributed by atoms with Crippen LogP contribution < -0.4 is 70.4 Å². The van der Waals surface area contributed by atoms with E-state index in [1.807, 2.05) is 13.8 Å². The van der Waals surface area contributed by atoms with E-state index in [0.29, 0.717) is 69.1 Å². The summed E-state index contributed by atoms with van der Waals surface area (Å²) in [5.74, 6) is -20.8. The number of aromatic hydroxyl groups is 1. The fourth-order valence-electron chi connectivity index (χ4n) is 16.2. The van der Waals surface area contributed by atoms with Gasteiger partial charge >= 0.3 is 12.1 Å². The Morgan fingerprint density at radius 1 is 0.569 bits per heavy atom. The van der Waals surface area contributed by atoms with Crippen LogP contribution in [-0.2, 0) is 112 Å². The number of amides is 17. The van der Waals surface area contributed by atoms with E-state index in [1.54, 1.807) is 68.6 Å². The van der Waals surface area contributed by atoms with Gasteiger partial charge in [-0.2, -0.15) is 13.2 Å². The fraction of sp³-hybridized carbons (Fsp3) is 0.527. The minimum absolute atomic E-state index is 0.00255. The number of fused-ring (bicyclic) bond motifs is 3. The number of halogens is 3. The first-order valence-corrected chi connectivity index (χ1v) is 46.5. The fourth-order valence-corrected chi connectivity index (χ4v) is 17.0. The third-order valence-electron chi connectivity index (χ3n) is 23.7. The van der Waals surface area contributed by atoms with Crippen LogP contribution in [0, 0.1) is 5.92 Å². The summed E-state index contributed by atoms with van der Waals surface area (Å²) < 4.78 is 43.7. The van der Waals surface area contributed by atoms with E-state index in [9.17, 15) is 80.9 Å². The molecule has 21 N–H and O–H groups in total. The van der Waals surface area contributed by atoms with E-state index < -0.39 is 261 Å². The number of aromatic nitrogens is 4. The Morgan fingerprint density at radius 3 is 1.69 bits per heavy atom. The third kappa shape index (κ3) is 32.2. The van der Waals surface area contributed by atoms with Crippen LogP contribution in [0.25, 0.3) is 21.8 Å². The zero-order valence-electron chi connectivity index (χ0n) is 77.7. The number of hydrogen-bond donors (Lipinski definition) is 18. The van der Waals surface area contributed by atoms with E-state index in [0.717, 1.165) is 31.4 Å². The van der Waals surface area contributed by atoms with Crippen LogP contribution in [0.1, 0.15) is 147 Å². The van der Waals surface area contributed by atoms with Gasteiger partial charge in [-0.3, -0.25) is 86.3 Å². The highest BCUT2D eigenvalue weighted by Crippen LogP contribution is 2.28. The number of H-pyrrole nitrogens is 3. The Labute approximate surface area is 792 Å². The predicted molar refractivity (Wildman–Crippen MR) is 495 cm³/mol. The molecule has 746 valence electrons. The number of nitrogens with one attached hydrogen (secondary N) is 13. The largest absolute Gasteiger partial charge is 0.508 e. The molecule has 46 heteroatoms. The Kier molecular flexibility index (Phi) is 41.1. The van der Waals surface area contributed by atoms with Crippen LogP contribution >= 0.6 is 11.8 Å². The SMILES string of the molecule is CCCC[C@H]1C(=O)N(C)[C@@H](CCCC)C(=O)N[C@@H](CC(C)C)C(=O)N[C@H](C(=O)NCC(N)=O)CSCC(=O)N[C@@H](Cc2ccc(O)cc2)C(=O)N(C)[C@@H](C)C(=O)N[C@@H](CC(N)=O)C(=O)N2CCC[C@H]2C(=O)N[C@@H](Cc2cnc[nH]2)C(=O)N[C@@H](CCC(=O)O)C(=O)N(CCC(F)(F)F)CC(=O)N[C@@H](Cc2c[nH]c3ccccc23)C(=O)N[C@@H](CCN)C(=O)N[C@@H](Cc2c[nH]c3ccccc23)C(=O)N1C. The number of aliphatic carboxylic acids is 1. The lowest BCUT2D eigenvalue weighted by atomic mass is 9.99. The van der Waals surface area contributed by atoms with E-state index in [-0.39, 0.29) is 81.8 Å². The van der Waals surface area contributed by atoms with Crippen molar-refractivity contribution in [3.8, 4) is 5.75 Å². The van der Waals surface area contributed by atoms with Crippen molar-refractivity contribution in [2.45, 2.75) is 235 Å². The number of rotatable bonds is 28. The lowest BCUT2D eigenvalue weighted by molar-refractivity contribution is -0.150. The molecular formula is C91H125F3N22O20S. The van der Waals surface area contributed by atoms with Crippen LogP contribution in [0.15, 0.2) is 97.7 Å². The molecule has 2 saturated heterocycles. The van der Waals surface area contributed by atoms with Crippen molar-refractivity contribution in [1.82, 2.24) is 97.6 Å². The highest BCUT2D eigenvalue weighted by molar-refractivity contribution is 8.00. The summed E-state index contributed by atoms with van der Waals surface area (Å²) in [4.78, 5) is 280. The molecule has 0 radical (unpaired) electrons. The van der Waals surface area contributed by atoms with Gasteiger partial charge in [0.25, 0.3) is 0 Å². The van der Waals surface area contributed by atoms with Gasteiger partial charge in [-0.1, -0.05) is 102 Å². The molecule has 6 aromatic rings. The van der Waals surface area contributed by atoms with Gasteiger partial charge in [-0.25, -0.2) is 4.98 Å². The van der Waals surface area contributed by atoms with Gasteiger partial charge in [0.1, 0.15) is 84.3 Å². The zero-order chi connectivity index (χ0) is 101. The highest BCUT2D eigenvalue weighted by Gasteiger charge is 2.45. The minimum Gasteiger partial charge on any atom is -0.508 e. The Hall–Kier alpha value is -13.7. The lowest BCUT2D eigenvalue weighted by Crippen LogP contribution is -2.61. The highest BCUT2D eigenvalue weighted by atomic mass is 32.2. The summed E-state index contributed by atoms with van der Waals surface area (Å²) in [5, 5.41) is 47.0. The first-order valence-electron chi connectivity index (χ1n) is 45.4.